The summed E-state index contributed by atoms with van der Waals surface area (Å²) < 4.78 is 5.77. The minimum Gasteiger partial charge on any atom is -0.491 e. The summed E-state index contributed by atoms with van der Waals surface area (Å²) >= 11 is 0. The van der Waals surface area contributed by atoms with Crippen LogP contribution in [0, 0.1) is 6.92 Å². The number of rotatable bonds is 5. The van der Waals surface area contributed by atoms with Crippen LogP contribution in [0.5, 0.6) is 5.75 Å². The molecule has 0 radical (unpaired) electrons. The van der Waals surface area contributed by atoms with Gasteiger partial charge < -0.3 is 9.84 Å². The lowest BCUT2D eigenvalue weighted by Gasteiger charge is -2.41. The van der Waals surface area contributed by atoms with E-state index in [2.05, 4.69) is 32.6 Å². The molecule has 2 rings (SSSR count). The van der Waals surface area contributed by atoms with Crippen molar-refractivity contribution in [1.29, 1.82) is 0 Å². The molecule has 1 aliphatic rings. The molecule has 118 valence electrons. The number of β-amino-alcohol motifs (C(OH)–C–C–N with tert-alkyl or cyclic N) is 1. The van der Waals surface area contributed by atoms with Crippen LogP contribution in [-0.4, -0.2) is 40.3 Å². The van der Waals surface area contributed by atoms with Gasteiger partial charge in [-0.25, -0.2) is 0 Å². The summed E-state index contributed by atoms with van der Waals surface area (Å²) in [6, 6.07) is 7.93. The van der Waals surface area contributed by atoms with Gasteiger partial charge in [0, 0.05) is 17.6 Å². The monoisotopic (exact) mass is 291 g/mol. The molecule has 3 heteroatoms. The maximum Gasteiger partial charge on any atom is 0.122 e. The normalized spacial score (nSPS) is 22.2. The molecule has 1 fully saturated rings. The van der Waals surface area contributed by atoms with E-state index in [0.29, 0.717) is 13.2 Å². The Morgan fingerprint density at radius 1 is 1.14 bits per heavy atom. The average Bonchev–Trinajstić information content (AvgIpc) is 2.61. The van der Waals surface area contributed by atoms with Gasteiger partial charge in [0.05, 0.1) is 0 Å². The third kappa shape index (κ3) is 3.78. The number of para-hydroxylation sites is 1. The van der Waals surface area contributed by atoms with Crippen LogP contribution in [0.2, 0.25) is 0 Å². The zero-order chi connectivity index (χ0) is 15.7. The van der Waals surface area contributed by atoms with Crippen LogP contribution in [0.25, 0.3) is 0 Å². The molecule has 1 saturated heterocycles. The molecular formula is C18H29NO2. The molecule has 0 amide bonds. The molecule has 1 aromatic carbocycles. The lowest BCUT2D eigenvalue weighted by atomic mass is 10.0. The Bertz CT molecular complexity index is 466. The minimum absolute atomic E-state index is 0.146. The number of aliphatic hydroxyl groups excluding tert-OH is 1. The van der Waals surface area contributed by atoms with Crippen molar-refractivity contribution in [2.45, 2.75) is 64.6 Å². The molecule has 0 aromatic heterocycles. The molecule has 21 heavy (non-hydrogen) atoms. The van der Waals surface area contributed by atoms with Crippen molar-refractivity contribution >= 4 is 0 Å². The van der Waals surface area contributed by atoms with Crippen molar-refractivity contribution in [3.63, 3.8) is 0 Å². The SMILES string of the molecule is Cc1ccccc1OC[C@@H](O)CN1C(C)(C)CCC1(C)C. The lowest BCUT2D eigenvalue weighted by molar-refractivity contribution is 0.00522. The number of nitrogens with zero attached hydrogens (tertiary/aromatic N) is 1. The fourth-order valence-corrected chi connectivity index (χ4v) is 3.36. The van der Waals surface area contributed by atoms with Gasteiger partial charge in [0.25, 0.3) is 0 Å². The van der Waals surface area contributed by atoms with Crippen LogP contribution < -0.4 is 4.74 Å². The molecule has 0 bridgehead atoms. The Morgan fingerprint density at radius 3 is 2.29 bits per heavy atom. The quantitative estimate of drug-likeness (QED) is 0.902. The average molecular weight is 291 g/mol. The number of hydrogen-bond donors (Lipinski definition) is 1. The zero-order valence-electron chi connectivity index (χ0n) is 14.0. The van der Waals surface area contributed by atoms with Crippen LogP contribution in [-0.2, 0) is 0 Å². The van der Waals surface area contributed by atoms with Crippen molar-refractivity contribution < 1.29 is 9.84 Å². The molecule has 0 aliphatic carbocycles. The number of benzene rings is 1. The second-order valence-electron chi connectivity index (χ2n) is 7.47. The fourth-order valence-electron chi connectivity index (χ4n) is 3.36. The number of hydrogen-bond acceptors (Lipinski definition) is 3. The second-order valence-corrected chi connectivity index (χ2v) is 7.47. The van der Waals surface area contributed by atoms with Gasteiger partial charge in [-0.15, -0.1) is 0 Å². The van der Waals surface area contributed by atoms with Crippen molar-refractivity contribution in [2.24, 2.45) is 0 Å². The highest BCUT2D eigenvalue weighted by Crippen LogP contribution is 2.40. The zero-order valence-corrected chi connectivity index (χ0v) is 14.0. The second kappa shape index (κ2) is 5.98. The van der Waals surface area contributed by atoms with Gasteiger partial charge >= 0.3 is 0 Å². The van der Waals surface area contributed by atoms with Crippen LogP contribution >= 0.6 is 0 Å². The minimum atomic E-state index is -0.471. The van der Waals surface area contributed by atoms with E-state index in [4.69, 9.17) is 4.74 Å². The highest BCUT2D eigenvalue weighted by Gasteiger charge is 2.44. The molecule has 1 N–H and O–H groups in total. The van der Waals surface area contributed by atoms with Crippen molar-refractivity contribution in [1.82, 2.24) is 4.90 Å². The van der Waals surface area contributed by atoms with Gasteiger partial charge in [0.2, 0.25) is 0 Å². The molecular weight excluding hydrogens is 262 g/mol. The Kier molecular flexibility index (Phi) is 4.64. The van der Waals surface area contributed by atoms with E-state index in [0.717, 1.165) is 11.3 Å². The summed E-state index contributed by atoms with van der Waals surface area (Å²) in [4.78, 5) is 2.42. The first-order valence-electron chi connectivity index (χ1n) is 7.87. The summed E-state index contributed by atoms with van der Waals surface area (Å²) in [6.07, 6.45) is 1.87. The first kappa shape index (κ1) is 16.3. The van der Waals surface area contributed by atoms with Gasteiger partial charge in [-0.3, -0.25) is 4.90 Å². The highest BCUT2D eigenvalue weighted by atomic mass is 16.5. The van der Waals surface area contributed by atoms with E-state index in [1.54, 1.807) is 0 Å². The molecule has 0 unspecified atom stereocenters. The predicted molar refractivity (Wildman–Crippen MR) is 86.8 cm³/mol. The molecule has 1 aromatic rings. The predicted octanol–water partition coefficient (Wildman–Crippen LogP) is 3.39. The molecule has 0 spiro atoms. The maximum atomic E-state index is 10.4. The van der Waals surface area contributed by atoms with E-state index < -0.39 is 6.10 Å². The Balaban J connectivity index is 1.93. The van der Waals surface area contributed by atoms with E-state index >= 15 is 0 Å². The molecule has 1 aliphatic heterocycles. The smallest absolute Gasteiger partial charge is 0.122 e. The third-order valence-corrected chi connectivity index (χ3v) is 4.73. The highest BCUT2D eigenvalue weighted by molar-refractivity contribution is 5.31. The Hall–Kier alpha value is -1.06. The van der Waals surface area contributed by atoms with Crippen LogP contribution in [0.15, 0.2) is 24.3 Å². The maximum absolute atomic E-state index is 10.4. The Labute approximate surface area is 128 Å². The van der Waals surface area contributed by atoms with Gasteiger partial charge in [-0.05, 0) is 59.1 Å². The standard InChI is InChI=1S/C18H29NO2/c1-14-8-6-7-9-16(14)21-13-15(20)12-19-17(2,3)10-11-18(19,4)5/h6-9,15,20H,10-13H2,1-5H3/t15-/m0/s1. The largest absolute Gasteiger partial charge is 0.491 e. The first-order chi connectivity index (χ1) is 9.72. The molecule has 1 heterocycles. The van der Waals surface area contributed by atoms with Crippen LogP contribution in [0.3, 0.4) is 0 Å². The lowest BCUT2D eigenvalue weighted by Crippen LogP contribution is -2.52. The fraction of sp³-hybridized carbons (Fsp3) is 0.667. The van der Waals surface area contributed by atoms with Crippen LogP contribution in [0.4, 0.5) is 0 Å². The number of likely N-dealkylation sites (tertiary alicyclic amines) is 1. The summed E-state index contributed by atoms with van der Waals surface area (Å²) in [5.41, 5.74) is 1.40. The summed E-state index contributed by atoms with van der Waals surface area (Å²) in [6.45, 7) is 12.1. The van der Waals surface area contributed by atoms with Gasteiger partial charge in [0.15, 0.2) is 0 Å². The third-order valence-electron chi connectivity index (χ3n) is 4.73. The van der Waals surface area contributed by atoms with Gasteiger partial charge in [-0.2, -0.15) is 0 Å². The van der Waals surface area contributed by atoms with E-state index in [9.17, 15) is 5.11 Å². The van der Waals surface area contributed by atoms with E-state index in [1.165, 1.54) is 12.8 Å². The van der Waals surface area contributed by atoms with Gasteiger partial charge in [0.1, 0.15) is 18.5 Å². The van der Waals surface area contributed by atoms with Crippen LogP contribution in [0.1, 0.15) is 46.1 Å². The van der Waals surface area contributed by atoms with Gasteiger partial charge in [-0.1, -0.05) is 18.2 Å². The van der Waals surface area contributed by atoms with Crippen molar-refractivity contribution in [2.75, 3.05) is 13.2 Å². The summed E-state index contributed by atoms with van der Waals surface area (Å²) in [7, 11) is 0. The molecule has 0 saturated carbocycles. The summed E-state index contributed by atoms with van der Waals surface area (Å²) in [5, 5.41) is 10.4. The number of aliphatic hydroxyl groups is 1. The Morgan fingerprint density at radius 2 is 1.71 bits per heavy atom. The number of ether oxygens (including phenoxy) is 1. The van der Waals surface area contributed by atoms with Crippen molar-refractivity contribution in [3.05, 3.63) is 29.8 Å². The molecule has 3 nitrogen and oxygen atoms in total. The van der Waals surface area contributed by atoms with Crippen molar-refractivity contribution in [3.8, 4) is 5.75 Å². The molecule has 1 atom stereocenters. The van der Waals surface area contributed by atoms with E-state index in [1.807, 2.05) is 31.2 Å². The first-order valence-corrected chi connectivity index (χ1v) is 7.87. The van der Waals surface area contributed by atoms with E-state index in [-0.39, 0.29) is 11.1 Å². The number of aryl methyl sites for hydroxylation is 1. The topological polar surface area (TPSA) is 32.7 Å². The summed E-state index contributed by atoms with van der Waals surface area (Å²) in [5.74, 6) is 0.858.